The van der Waals surface area contributed by atoms with Crippen molar-refractivity contribution >= 4 is 17.0 Å². The van der Waals surface area contributed by atoms with Gasteiger partial charge in [0.15, 0.2) is 0 Å². The molecule has 150 valence electrons. The van der Waals surface area contributed by atoms with E-state index in [9.17, 15) is 4.79 Å². The Kier molecular flexibility index (Phi) is 5.03. The Morgan fingerprint density at radius 1 is 1.10 bits per heavy atom. The van der Waals surface area contributed by atoms with E-state index in [4.69, 9.17) is 9.72 Å². The first kappa shape index (κ1) is 19.4. The number of hydrogen-bond acceptors (Lipinski definition) is 3. The number of aromatic nitrogens is 1. The van der Waals surface area contributed by atoms with Crippen molar-refractivity contribution in [2.45, 2.75) is 52.2 Å². The van der Waals surface area contributed by atoms with Crippen molar-refractivity contribution in [3.05, 3.63) is 65.7 Å². The lowest BCUT2D eigenvalue weighted by Crippen LogP contribution is -2.36. The Morgan fingerprint density at radius 3 is 2.59 bits per heavy atom. The summed E-state index contributed by atoms with van der Waals surface area (Å²) in [5.74, 6) is 0. The first-order valence-corrected chi connectivity index (χ1v) is 10.3. The quantitative estimate of drug-likeness (QED) is 0.519. The van der Waals surface area contributed by atoms with Crippen LogP contribution in [0.5, 0.6) is 0 Å². The Morgan fingerprint density at radius 2 is 1.86 bits per heavy atom. The Labute approximate surface area is 172 Å². The van der Waals surface area contributed by atoms with Gasteiger partial charge in [0.05, 0.1) is 17.3 Å². The molecule has 1 atom stereocenters. The number of para-hydroxylation sites is 1. The molecule has 1 aliphatic heterocycles. The summed E-state index contributed by atoms with van der Waals surface area (Å²) in [6, 6.07) is 18.7. The maximum atomic E-state index is 12.9. The van der Waals surface area contributed by atoms with Gasteiger partial charge in [0.25, 0.3) is 0 Å². The van der Waals surface area contributed by atoms with Crippen LogP contribution < -0.4 is 0 Å². The molecule has 2 aromatic carbocycles. The molecule has 0 saturated carbocycles. The molecule has 1 aromatic heterocycles. The maximum absolute atomic E-state index is 12.9. The summed E-state index contributed by atoms with van der Waals surface area (Å²) in [5, 5.41) is 1.11. The molecule has 0 radical (unpaired) electrons. The van der Waals surface area contributed by atoms with Gasteiger partial charge in [-0.15, -0.1) is 0 Å². The Balaban J connectivity index is 1.84. The van der Waals surface area contributed by atoms with Crippen molar-refractivity contribution in [1.29, 1.82) is 0 Å². The third kappa shape index (κ3) is 3.98. The van der Waals surface area contributed by atoms with E-state index >= 15 is 0 Å². The van der Waals surface area contributed by atoms with Crippen LogP contribution in [0.25, 0.3) is 22.2 Å². The number of amides is 1. The second-order valence-electron chi connectivity index (χ2n) is 8.77. The number of aryl methyl sites for hydroxylation is 1. The van der Waals surface area contributed by atoms with Gasteiger partial charge in [-0.05, 0) is 52.2 Å². The van der Waals surface area contributed by atoms with Crippen LogP contribution >= 0.6 is 0 Å². The highest BCUT2D eigenvalue weighted by Crippen LogP contribution is 2.39. The van der Waals surface area contributed by atoms with Crippen LogP contribution in [-0.4, -0.2) is 28.1 Å². The fraction of sp³-hybridized carbons (Fsp3) is 0.360. The molecule has 1 fully saturated rings. The lowest BCUT2D eigenvalue weighted by Gasteiger charge is -2.30. The van der Waals surface area contributed by atoms with E-state index in [0.717, 1.165) is 46.1 Å². The number of ether oxygens (including phenoxy) is 1. The average Bonchev–Trinajstić information content (AvgIpc) is 3.17. The van der Waals surface area contributed by atoms with Crippen LogP contribution in [0.15, 0.2) is 54.6 Å². The van der Waals surface area contributed by atoms with Gasteiger partial charge in [0.1, 0.15) is 5.60 Å². The molecule has 1 aliphatic rings. The SMILES string of the molecule is Cc1cccc2cc([C@@H]3CCCN3C(=O)OC(C)(C)C)c(-c3ccccc3)nc12. The van der Waals surface area contributed by atoms with Gasteiger partial charge in [-0.25, -0.2) is 9.78 Å². The first-order valence-electron chi connectivity index (χ1n) is 10.3. The molecule has 3 aromatic rings. The summed E-state index contributed by atoms with van der Waals surface area (Å²) in [6.45, 7) is 8.52. The number of rotatable bonds is 2. The Bertz CT molecular complexity index is 1040. The third-order valence-corrected chi connectivity index (χ3v) is 5.36. The molecule has 0 N–H and O–H groups in total. The van der Waals surface area contributed by atoms with Crippen LogP contribution in [0, 0.1) is 6.92 Å². The van der Waals surface area contributed by atoms with Crippen LogP contribution in [0.2, 0.25) is 0 Å². The third-order valence-electron chi connectivity index (χ3n) is 5.36. The number of benzene rings is 2. The molecule has 1 amide bonds. The molecule has 29 heavy (non-hydrogen) atoms. The summed E-state index contributed by atoms with van der Waals surface area (Å²) in [4.78, 5) is 19.8. The maximum Gasteiger partial charge on any atom is 0.410 e. The second-order valence-corrected chi connectivity index (χ2v) is 8.77. The molecule has 0 aliphatic carbocycles. The molecule has 0 unspecified atom stereocenters. The van der Waals surface area contributed by atoms with Crippen molar-refractivity contribution in [2.24, 2.45) is 0 Å². The molecule has 4 rings (SSSR count). The number of hydrogen-bond donors (Lipinski definition) is 0. The predicted octanol–water partition coefficient (Wildman–Crippen LogP) is 6.28. The zero-order chi connectivity index (χ0) is 20.6. The van der Waals surface area contributed by atoms with Gasteiger partial charge < -0.3 is 9.64 Å². The fourth-order valence-electron chi connectivity index (χ4n) is 4.07. The highest BCUT2D eigenvalue weighted by Gasteiger charge is 2.35. The van der Waals surface area contributed by atoms with Gasteiger partial charge >= 0.3 is 6.09 Å². The van der Waals surface area contributed by atoms with E-state index in [0.29, 0.717) is 6.54 Å². The summed E-state index contributed by atoms with van der Waals surface area (Å²) in [7, 11) is 0. The molecule has 4 heteroatoms. The highest BCUT2D eigenvalue weighted by atomic mass is 16.6. The first-order chi connectivity index (χ1) is 13.8. The standard InChI is InChI=1S/C25H28N2O2/c1-17-10-8-13-19-16-20(23(26-22(17)19)18-11-6-5-7-12-18)21-14-9-15-27(21)24(28)29-25(2,3)4/h5-8,10-13,16,21H,9,14-15H2,1-4H3/t21-/m0/s1. The second kappa shape index (κ2) is 7.51. The number of fused-ring (bicyclic) bond motifs is 1. The minimum absolute atomic E-state index is 0.0301. The van der Waals surface area contributed by atoms with E-state index in [2.05, 4.69) is 43.3 Å². The zero-order valence-corrected chi connectivity index (χ0v) is 17.6. The number of carbonyl (C=O) groups excluding carboxylic acids is 1. The monoisotopic (exact) mass is 388 g/mol. The van der Waals surface area contributed by atoms with E-state index in [-0.39, 0.29) is 12.1 Å². The van der Waals surface area contributed by atoms with Crippen molar-refractivity contribution < 1.29 is 9.53 Å². The smallest absolute Gasteiger partial charge is 0.410 e. The number of nitrogens with zero attached hydrogens (tertiary/aromatic N) is 2. The molecular formula is C25H28N2O2. The minimum atomic E-state index is -0.509. The summed E-state index contributed by atoms with van der Waals surface area (Å²) >= 11 is 0. The average molecular weight is 389 g/mol. The minimum Gasteiger partial charge on any atom is -0.444 e. The molecular weight excluding hydrogens is 360 g/mol. The lowest BCUT2D eigenvalue weighted by atomic mass is 9.95. The summed E-state index contributed by atoms with van der Waals surface area (Å²) in [6.07, 6.45) is 1.63. The molecule has 2 heterocycles. The normalized spacial score (nSPS) is 17.0. The van der Waals surface area contributed by atoms with Crippen molar-refractivity contribution in [3.8, 4) is 11.3 Å². The molecule has 4 nitrogen and oxygen atoms in total. The lowest BCUT2D eigenvalue weighted by molar-refractivity contribution is 0.0225. The fourth-order valence-corrected chi connectivity index (χ4v) is 4.07. The van der Waals surface area contributed by atoms with Crippen molar-refractivity contribution in [3.63, 3.8) is 0 Å². The molecule has 0 spiro atoms. The van der Waals surface area contributed by atoms with E-state index < -0.39 is 5.60 Å². The molecule has 0 bridgehead atoms. The van der Waals surface area contributed by atoms with Gasteiger partial charge in [0, 0.05) is 23.1 Å². The summed E-state index contributed by atoms with van der Waals surface area (Å²) < 4.78 is 5.69. The zero-order valence-electron chi connectivity index (χ0n) is 17.6. The molecule has 1 saturated heterocycles. The highest BCUT2D eigenvalue weighted by molar-refractivity contribution is 5.86. The van der Waals surface area contributed by atoms with Crippen LogP contribution in [0.3, 0.4) is 0 Å². The van der Waals surface area contributed by atoms with Crippen molar-refractivity contribution in [1.82, 2.24) is 9.88 Å². The van der Waals surface area contributed by atoms with Gasteiger partial charge in [-0.1, -0.05) is 48.5 Å². The Hall–Kier alpha value is -2.88. The predicted molar refractivity (Wildman–Crippen MR) is 117 cm³/mol. The summed E-state index contributed by atoms with van der Waals surface area (Å²) in [5.41, 5.74) is 4.78. The topological polar surface area (TPSA) is 42.4 Å². The van der Waals surface area contributed by atoms with Gasteiger partial charge in [0.2, 0.25) is 0 Å². The number of likely N-dealkylation sites (tertiary alicyclic amines) is 1. The van der Waals surface area contributed by atoms with Crippen molar-refractivity contribution in [2.75, 3.05) is 6.54 Å². The van der Waals surface area contributed by atoms with E-state index in [1.165, 1.54) is 0 Å². The van der Waals surface area contributed by atoms with Crippen LogP contribution in [-0.2, 0) is 4.74 Å². The number of pyridine rings is 1. The number of carbonyl (C=O) groups is 1. The van der Waals surface area contributed by atoms with Gasteiger partial charge in [-0.3, -0.25) is 0 Å². The van der Waals surface area contributed by atoms with E-state index in [1.807, 2.05) is 43.9 Å². The van der Waals surface area contributed by atoms with E-state index in [1.54, 1.807) is 0 Å². The van der Waals surface area contributed by atoms with Gasteiger partial charge in [-0.2, -0.15) is 0 Å². The largest absolute Gasteiger partial charge is 0.444 e. The van der Waals surface area contributed by atoms with Crippen LogP contribution in [0.4, 0.5) is 4.79 Å². The van der Waals surface area contributed by atoms with Crippen LogP contribution in [0.1, 0.15) is 50.8 Å².